The fraction of sp³-hybridized carbons (Fsp3) is 0.500. The lowest BCUT2D eigenvalue weighted by Crippen LogP contribution is -2.35. The van der Waals surface area contributed by atoms with Gasteiger partial charge in [-0.15, -0.1) is 0 Å². The average Bonchev–Trinajstić information content (AvgIpc) is 2.81. The second-order valence-corrected chi connectivity index (χ2v) is 4.33. The fourth-order valence-corrected chi connectivity index (χ4v) is 2.19. The van der Waals surface area contributed by atoms with Crippen LogP contribution in [-0.2, 0) is 0 Å². The van der Waals surface area contributed by atoms with Crippen molar-refractivity contribution in [3.8, 4) is 0 Å². The minimum Gasteiger partial charge on any atom is -0.384 e. The molecule has 86 valence electrons. The third-order valence-corrected chi connectivity index (χ3v) is 3.23. The number of hydrogen-bond donors (Lipinski definition) is 1. The Balaban J connectivity index is 2.08. The van der Waals surface area contributed by atoms with Crippen molar-refractivity contribution in [2.45, 2.75) is 31.7 Å². The molecule has 0 atom stereocenters. The van der Waals surface area contributed by atoms with E-state index >= 15 is 0 Å². The molecule has 2 N–H and O–H groups in total. The third-order valence-electron chi connectivity index (χ3n) is 3.23. The Bertz CT molecular complexity index is 368. The van der Waals surface area contributed by atoms with Crippen LogP contribution in [0.4, 0.5) is 5.82 Å². The van der Waals surface area contributed by atoms with Gasteiger partial charge in [0.2, 0.25) is 0 Å². The summed E-state index contributed by atoms with van der Waals surface area (Å²) in [6.07, 6.45) is 6.23. The van der Waals surface area contributed by atoms with Gasteiger partial charge in [0.1, 0.15) is 5.82 Å². The average molecular weight is 219 g/mol. The smallest absolute Gasteiger partial charge is 0.255 e. The third kappa shape index (κ3) is 2.15. The van der Waals surface area contributed by atoms with Gasteiger partial charge in [-0.25, -0.2) is 4.98 Å². The predicted molar refractivity (Wildman–Crippen MR) is 63.0 cm³/mol. The molecule has 4 nitrogen and oxygen atoms in total. The van der Waals surface area contributed by atoms with Gasteiger partial charge in [0.25, 0.3) is 5.91 Å². The Morgan fingerprint density at radius 3 is 2.69 bits per heavy atom. The summed E-state index contributed by atoms with van der Waals surface area (Å²) >= 11 is 0. The van der Waals surface area contributed by atoms with Crippen molar-refractivity contribution in [1.82, 2.24) is 9.88 Å². The van der Waals surface area contributed by atoms with Gasteiger partial charge in [-0.05, 0) is 25.0 Å². The van der Waals surface area contributed by atoms with Crippen LogP contribution < -0.4 is 5.73 Å². The first kappa shape index (κ1) is 10.9. The Hall–Kier alpha value is -1.58. The fourth-order valence-electron chi connectivity index (χ4n) is 2.19. The van der Waals surface area contributed by atoms with Crippen LogP contribution in [0.1, 0.15) is 36.0 Å². The van der Waals surface area contributed by atoms with Crippen LogP contribution in [0.25, 0.3) is 0 Å². The van der Waals surface area contributed by atoms with Crippen molar-refractivity contribution < 1.29 is 4.79 Å². The van der Waals surface area contributed by atoms with E-state index in [1.54, 1.807) is 18.3 Å². The highest BCUT2D eigenvalue weighted by atomic mass is 16.2. The molecule has 16 heavy (non-hydrogen) atoms. The van der Waals surface area contributed by atoms with Crippen molar-refractivity contribution in [2.24, 2.45) is 0 Å². The van der Waals surface area contributed by atoms with Gasteiger partial charge in [0.15, 0.2) is 0 Å². The quantitative estimate of drug-likeness (QED) is 0.823. The van der Waals surface area contributed by atoms with E-state index in [-0.39, 0.29) is 5.91 Å². The first-order valence-corrected chi connectivity index (χ1v) is 5.67. The van der Waals surface area contributed by atoms with Gasteiger partial charge >= 0.3 is 0 Å². The molecule has 0 bridgehead atoms. The number of rotatable bonds is 2. The van der Waals surface area contributed by atoms with Gasteiger partial charge in [-0.3, -0.25) is 4.79 Å². The lowest BCUT2D eigenvalue weighted by molar-refractivity contribution is 0.0735. The van der Waals surface area contributed by atoms with E-state index in [1.165, 1.54) is 12.8 Å². The van der Waals surface area contributed by atoms with E-state index in [1.807, 2.05) is 11.9 Å². The zero-order valence-electron chi connectivity index (χ0n) is 9.52. The number of aromatic nitrogens is 1. The highest BCUT2D eigenvalue weighted by Crippen LogP contribution is 2.23. The summed E-state index contributed by atoms with van der Waals surface area (Å²) in [5.41, 5.74) is 6.10. The molecular formula is C12H17N3O. The van der Waals surface area contributed by atoms with Crippen molar-refractivity contribution in [3.05, 3.63) is 23.9 Å². The van der Waals surface area contributed by atoms with Crippen LogP contribution in [-0.4, -0.2) is 28.9 Å². The second-order valence-electron chi connectivity index (χ2n) is 4.33. The van der Waals surface area contributed by atoms with Crippen LogP contribution in [0.2, 0.25) is 0 Å². The van der Waals surface area contributed by atoms with Crippen LogP contribution in [0.5, 0.6) is 0 Å². The Kier molecular flexibility index (Phi) is 3.08. The molecule has 1 saturated carbocycles. The van der Waals surface area contributed by atoms with E-state index < -0.39 is 0 Å². The normalized spacial score (nSPS) is 16.3. The van der Waals surface area contributed by atoms with Crippen LogP contribution >= 0.6 is 0 Å². The largest absolute Gasteiger partial charge is 0.384 e. The lowest BCUT2D eigenvalue weighted by atomic mass is 10.2. The van der Waals surface area contributed by atoms with Gasteiger partial charge in [0, 0.05) is 19.3 Å². The van der Waals surface area contributed by atoms with Gasteiger partial charge < -0.3 is 10.6 Å². The number of carbonyl (C=O) groups is 1. The summed E-state index contributed by atoms with van der Waals surface area (Å²) in [4.78, 5) is 17.9. The van der Waals surface area contributed by atoms with Crippen molar-refractivity contribution >= 4 is 11.7 Å². The summed E-state index contributed by atoms with van der Waals surface area (Å²) in [5.74, 6) is 0.486. The summed E-state index contributed by atoms with van der Waals surface area (Å²) in [6.45, 7) is 0. The summed E-state index contributed by atoms with van der Waals surface area (Å²) < 4.78 is 0. The molecule has 0 spiro atoms. The number of nitrogen functional groups attached to an aromatic ring is 1. The predicted octanol–water partition coefficient (Wildman–Crippen LogP) is 1.68. The van der Waals surface area contributed by atoms with Gasteiger partial charge in [0.05, 0.1) is 5.56 Å². The first-order valence-electron chi connectivity index (χ1n) is 5.67. The van der Waals surface area contributed by atoms with E-state index in [4.69, 9.17) is 5.73 Å². The number of nitrogens with two attached hydrogens (primary N) is 1. The molecule has 0 radical (unpaired) electrons. The SMILES string of the molecule is CN(C(=O)c1ccc(N)nc1)C1CCCC1. The second kappa shape index (κ2) is 4.51. The first-order chi connectivity index (χ1) is 7.68. The van der Waals surface area contributed by atoms with Gasteiger partial charge in [-0.1, -0.05) is 12.8 Å². The molecule has 0 unspecified atom stereocenters. The standard InChI is InChI=1S/C12H17N3O/c1-15(10-4-2-3-5-10)12(16)9-6-7-11(13)14-8-9/h6-8,10H,2-5H2,1H3,(H2,13,14). The molecule has 0 saturated heterocycles. The molecule has 1 aliphatic carbocycles. The van der Waals surface area contributed by atoms with E-state index in [2.05, 4.69) is 4.98 Å². The highest BCUT2D eigenvalue weighted by Gasteiger charge is 2.24. The Morgan fingerprint density at radius 1 is 1.44 bits per heavy atom. The molecular weight excluding hydrogens is 202 g/mol. The van der Waals surface area contributed by atoms with E-state index in [9.17, 15) is 4.79 Å². The summed E-state index contributed by atoms with van der Waals surface area (Å²) in [6, 6.07) is 3.79. The number of hydrogen-bond acceptors (Lipinski definition) is 3. The minimum absolute atomic E-state index is 0.0411. The molecule has 0 aromatic carbocycles. The van der Waals surface area contributed by atoms with Crippen LogP contribution in [0, 0.1) is 0 Å². The highest BCUT2D eigenvalue weighted by molar-refractivity contribution is 5.94. The van der Waals surface area contributed by atoms with Crippen LogP contribution in [0.15, 0.2) is 18.3 Å². The molecule has 1 aromatic heterocycles. The molecule has 0 aliphatic heterocycles. The zero-order valence-corrected chi connectivity index (χ0v) is 9.52. The molecule has 4 heteroatoms. The number of anilines is 1. The van der Waals surface area contributed by atoms with Crippen LogP contribution in [0.3, 0.4) is 0 Å². The summed E-state index contributed by atoms with van der Waals surface area (Å²) in [7, 11) is 1.87. The molecule has 2 rings (SSSR count). The monoisotopic (exact) mass is 219 g/mol. The van der Waals surface area contributed by atoms with E-state index in [0.29, 0.717) is 17.4 Å². The molecule has 1 fully saturated rings. The van der Waals surface area contributed by atoms with Crippen molar-refractivity contribution in [2.75, 3.05) is 12.8 Å². The van der Waals surface area contributed by atoms with Gasteiger partial charge in [-0.2, -0.15) is 0 Å². The molecule has 1 aromatic rings. The maximum absolute atomic E-state index is 12.1. The van der Waals surface area contributed by atoms with E-state index in [0.717, 1.165) is 12.8 Å². The topological polar surface area (TPSA) is 59.2 Å². The molecule has 1 heterocycles. The number of nitrogens with zero attached hydrogens (tertiary/aromatic N) is 2. The van der Waals surface area contributed by atoms with Crippen molar-refractivity contribution in [1.29, 1.82) is 0 Å². The summed E-state index contributed by atoms with van der Waals surface area (Å²) in [5, 5.41) is 0. The number of carbonyl (C=O) groups excluding carboxylic acids is 1. The lowest BCUT2D eigenvalue weighted by Gasteiger charge is -2.24. The number of pyridine rings is 1. The molecule has 1 amide bonds. The maximum atomic E-state index is 12.1. The molecule has 1 aliphatic rings. The van der Waals surface area contributed by atoms with Crippen molar-refractivity contribution in [3.63, 3.8) is 0 Å². The zero-order chi connectivity index (χ0) is 11.5. The minimum atomic E-state index is 0.0411. The number of amides is 1. The Labute approximate surface area is 95.5 Å². The maximum Gasteiger partial charge on any atom is 0.255 e. The Morgan fingerprint density at radius 2 is 2.12 bits per heavy atom.